The number of fused-ring (bicyclic) bond motifs is 1. The van der Waals surface area contributed by atoms with Crippen LogP contribution in [0.25, 0.3) is 0 Å². The van der Waals surface area contributed by atoms with Crippen molar-refractivity contribution in [3.8, 4) is 11.5 Å². The van der Waals surface area contributed by atoms with Gasteiger partial charge in [0.2, 0.25) is 6.79 Å². The van der Waals surface area contributed by atoms with Gasteiger partial charge in [-0.2, -0.15) is 0 Å². The fourth-order valence-corrected chi connectivity index (χ4v) is 3.86. The van der Waals surface area contributed by atoms with Crippen molar-refractivity contribution >= 4 is 17.5 Å². The minimum Gasteiger partial charge on any atom is -0.454 e. The van der Waals surface area contributed by atoms with Crippen molar-refractivity contribution in [2.75, 3.05) is 19.9 Å². The lowest BCUT2D eigenvalue weighted by molar-refractivity contribution is -0.901. The summed E-state index contributed by atoms with van der Waals surface area (Å²) in [6, 6.07) is 11.6. The molecule has 0 aliphatic carbocycles. The number of ether oxygens (including phenoxy) is 2. The lowest BCUT2D eigenvalue weighted by Crippen LogP contribution is -3.08. The second-order valence-corrected chi connectivity index (χ2v) is 7.18. The van der Waals surface area contributed by atoms with E-state index in [-0.39, 0.29) is 12.7 Å². The molecule has 5 nitrogen and oxygen atoms in total. The minimum absolute atomic E-state index is 0.131. The second kappa shape index (κ2) is 7.56. The van der Waals surface area contributed by atoms with E-state index in [1.54, 1.807) is 17.0 Å². The van der Waals surface area contributed by atoms with E-state index in [9.17, 15) is 4.79 Å². The van der Waals surface area contributed by atoms with Gasteiger partial charge in [-0.05, 0) is 17.7 Å². The molecule has 0 unspecified atom stereocenters. The van der Waals surface area contributed by atoms with Gasteiger partial charge in [0.15, 0.2) is 11.5 Å². The highest BCUT2D eigenvalue weighted by Crippen LogP contribution is 2.39. The maximum absolute atomic E-state index is 12.6. The van der Waals surface area contributed by atoms with Crippen molar-refractivity contribution in [2.45, 2.75) is 25.9 Å². The molecule has 136 valence electrons. The van der Waals surface area contributed by atoms with E-state index < -0.39 is 0 Å². The molecule has 0 bridgehead atoms. The summed E-state index contributed by atoms with van der Waals surface area (Å²) in [6.45, 7) is 4.11. The molecule has 4 rings (SSSR count). The van der Waals surface area contributed by atoms with E-state index in [0.717, 1.165) is 12.1 Å². The zero-order chi connectivity index (χ0) is 17.9. The number of benzene rings is 2. The number of quaternary nitrogens is 1. The molecule has 2 heterocycles. The minimum atomic E-state index is -0.173. The predicted octanol–water partition coefficient (Wildman–Crippen LogP) is 2.18. The standard InChI is InChI=1S/C20H21ClN2O3/c21-17-9-16(10-18-19(17)26-13-25-18)20(24)22-11-14-5-1-2-6-15(14)12-23-7-3-4-8-23/h1-2,5-6,9-10H,3-4,7-8,11-13H2,(H,22,24)/p+1. The molecule has 0 aromatic heterocycles. The van der Waals surface area contributed by atoms with Gasteiger partial charge < -0.3 is 19.7 Å². The maximum atomic E-state index is 12.6. The summed E-state index contributed by atoms with van der Waals surface area (Å²) in [5.74, 6) is 0.844. The Labute approximate surface area is 157 Å². The molecule has 0 atom stereocenters. The predicted molar refractivity (Wildman–Crippen MR) is 98.8 cm³/mol. The van der Waals surface area contributed by atoms with E-state index >= 15 is 0 Å². The van der Waals surface area contributed by atoms with Crippen molar-refractivity contribution in [1.82, 2.24) is 5.32 Å². The topological polar surface area (TPSA) is 52.0 Å². The van der Waals surface area contributed by atoms with Gasteiger partial charge >= 0.3 is 0 Å². The highest BCUT2D eigenvalue weighted by atomic mass is 35.5. The molecule has 1 saturated heterocycles. The van der Waals surface area contributed by atoms with Gasteiger partial charge in [0.05, 0.1) is 18.1 Å². The van der Waals surface area contributed by atoms with Crippen LogP contribution in [0.1, 0.15) is 34.3 Å². The number of likely N-dealkylation sites (tertiary alicyclic amines) is 1. The number of nitrogens with one attached hydrogen (secondary N) is 2. The fraction of sp³-hybridized carbons (Fsp3) is 0.350. The Bertz CT molecular complexity index is 819. The zero-order valence-electron chi connectivity index (χ0n) is 14.5. The summed E-state index contributed by atoms with van der Waals surface area (Å²) >= 11 is 6.17. The molecule has 0 saturated carbocycles. The monoisotopic (exact) mass is 373 g/mol. The highest BCUT2D eigenvalue weighted by Gasteiger charge is 2.21. The Morgan fingerprint density at radius 2 is 1.88 bits per heavy atom. The maximum Gasteiger partial charge on any atom is 0.251 e. The molecular weight excluding hydrogens is 352 g/mol. The first kappa shape index (κ1) is 17.2. The van der Waals surface area contributed by atoms with Crippen LogP contribution in [0, 0.1) is 0 Å². The average molecular weight is 374 g/mol. The molecule has 2 aromatic carbocycles. The molecule has 0 radical (unpaired) electrons. The quantitative estimate of drug-likeness (QED) is 0.844. The normalized spacial score (nSPS) is 16.0. The molecule has 2 N–H and O–H groups in total. The van der Waals surface area contributed by atoms with Gasteiger partial charge in [-0.3, -0.25) is 4.79 Å². The number of halogens is 1. The highest BCUT2D eigenvalue weighted by molar-refractivity contribution is 6.32. The van der Waals surface area contributed by atoms with Crippen LogP contribution in [-0.2, 0) is 13.1 Å². The van der Waals surface area contributed by atoms with Crippen molar-refractivity contribution < 1.29 is 19.2 Å². The molecular formula is C20H22ClN2O3+. The molecule has 6 heteroatoms. The van der Waals surface area contributed by atoms with Crippen LogP contribution in [0.3, 0.4) is 0 Å². The van der Waals surface area contributed by atoms with E-state index in [1.807, 2.05) is 6.07 Å². The van der Waals surface area contributed by atoms with Crippen LogP contribution in [0.4, 0.5) is 0 Å². The molecule has 2 aliphatic heterocycles. The van der Waals surface area contributed by atoms with Crippen LogP contribution in [0.15, 0.2) is 36.4 Å². The molecule has 2 aliphatic rings. The van der Waals surface area contributed by atoms with Crippen molar-refractivity contribution in [2.24, 2.45) is 0 Å². The zero-order valence-corrected chi connectivity index (χ0v) is 15.3. The lowest BCUT2D eigenvalue weighted by atomic mass is 10.1. The number of hydrogen-bond donors (Lipinski definition) is 2. The summed E-state index contributed by atoms with van der Waals surface area (Å²) in [7, 11) is 0. The van der Waals surface area contributed by atoms with E-state index in [1.165, 1.54) is 31.5 Å². The van der Waals surface area contributed by atoms with Gasteiger partial charge in [0.25, 0.3) is 5.91 Å². The summed E-state index contributed by atoms with van der Waals surface area (Å²) in [6.07, 6.45) is 2.61. The first-order valence-corrected chi connectivity index (χ1v) is 9.36. The van der Waals surface area contributed by atoms with Crippen molar-refractivity contribution in [1.29, 1.82) is 0 Å². The largest absolute Gasteiger partial charge is 0.454 e. The second-order valence-electron chi connectivity index (χ2n) is 6.78. The lowest BCUT2D eigenvalue weighted by Gasteiger charge is -2.15. The van der Waals surface area contributed by atoms with Gasteiger partial charge in [0, 0.05) is 30.5 Å². The number of carbonyl (C=O) groups is 1. The summed E-state index contributed by atoms with van der Waals surface area (Å²) in [5, 5.41) is 3.39. The van der Waals surface area contributed by atoms with E-state index in [2.05, 4.69) is 23.5 Å². The summed E-state index contributed by atoms with van der Waals surface area (Å²) in [4.78, 5) is 14.2. The van der Waals surface area contributed by atoms with Crippen molar-refractivity contribution in [3.63, 3.8) is 0 Å². The van der Waals surface area contributed by atoms with Crippen LogP contribution >= 0.6 is 11.6 Å². The number of rotatable bonds is 5. The fourth-order valence-electron chi connectivity index (χ4n) is 3.60. The molecule has 2 aromatic rings. The van der Waals surface area contributed by atoms with E-state index in [0.29, 0.717) is 28.6 Å². The van der Waals surface area contributed by atoms with Crippen LogP contribution in [-0.4, -0.2) is 25.8 Å². The SMILES string of the molecule is O=C(NCc1ccccc1C[NH+]1CCCC1)c1cc(Cl)c2c(c1)OCO2. The molecule has 26 heavy (non-hydrogen) atoms. The number of hydrogen-bond acceptors (Lipinski definition) is 3. The van der Waals surface area contributed by atoms with Crippen LogP contribution in [0.2, 0.25) is 5.02 Å². The third-order valence-corrected chi connectivity index (χ3v) is 5.28. The van der Waals surface area contributed by atoms with Gasteiger partial charge in [-0.15, -0.1) is 0 Å². The first-order valence-electron chi connectivity index (χ1n) is 8.98. The van der Waals surface area contributed by atoms with Gasteiger partial charge in [-0.25, -0.2) is 0 Å². The molecule has 0 spiro atoms. The summed E-state index contributed by atoms with van der Waals surface area (Å²) < 4.78 is 10.6. The van der Waals surface area contributed by atoms with Crippen molar-refractivity contribution in [3.05, 3.63) is 58.1 Å². The van der Waals surface area contributed by atoms with Crippen LogP contribution < -0.4 is 19.7 Å². The average Bonchev–Trinajstić information content (AvgIpc) is 3.32. The molecule has 1 fully saturated rings. The third kappa shape index (κ3) is 3.64. The Kier molecular flexibility index (Phi) is 5.00. The van der Waals surface area contributed by atoms with Crippen LogP contribution in [0.5, 0.6) is 11.5 Å². The van der Waals surface area contributed by atoms with Gasteiger partial charge in [0.1, 0.15) is 6.54 Å². The number of carbonyl (C=O) groups excluding carboxylic acids is 1. The van der Waals surface area contributed by atoms with E-state index in [4.69, 9.17) is 21.1 Å². The summed E-state index contributed by atoms with van der Waals surface area (Å²) in [5.41, 5.74) is 2.93. The Morgan fingerprint density at radius 3 is 2.69 bits per heavy atom. The Balaban J connectivity index is 1.44. The number of amides is 1. The Hall–Kier alpha value is -2.24. The third-order valence-electron chi connectivity index (χ3n) is 5.00. The van der Waals surface area contributed by atoms with Gasteiger partial charge in [-0.1, -0.05) is 35.9 Å². The smallest absolute Gasteiger partial charge is 0.251 e. The molecule has 1 amide bonds. The Morgan fingerprint density at radius 1 is 1.12 bits per heavy atom. The first-order chi connectivity index (χ1) is 12.7.